The number of amides is 1. The van der Waals surface area contributed by atoms with Gasteiger partial charge in [-0.2, -0.15) is 0 Å². The first-order valence-electron chi connectivity index (χ1n) is 6.66. The van der Waals surface area contributed by atoms with E-state index in [1.54, 1.807) is 0 Å². The number of rotatable bonds is 2. The van der Waals surface area contributed by atoms with Crippen LogP contribution in [0, 0.1) is 6.92 Å². The molecule has 1 aliphatic rings. The zero-order chi connectivity index (χ0) is 13.6. The summed E-state index contributed by atoms with van der Waals surface area (Å²) in [6.45, 7) is 1.93. The molecule has 3 rings (SSSR count). The van der Waals surface area contributed by atoms with E-state index < -0.39 is 0 Å². The first-order chi connectivity index (χ1) is 9.08. The molecule has 0 aliphatic heterocycles. The predicted octanol–water partition coefficient (Wildman–Crippen LogP) is 2.59. The standard InChI is InChI=1S/C16H18N2O/c1-10-14(16(17)19)9-15(18(10)2)13-7-6-11-4-3-5-12(11)8-13/h6-9H,3-5H2,1-2H3,(H2,17,19). The maximum atomic E-state index is 11.4. The lowest BCUT2D eigenvalue weighted by Crippen LogP contribution is -2.11. The minimum atomic E-state index is -0.361. The summed E-state index contributed by atoms with van der Waals surface area (Å²) < 4.78 is 2.04. The molecule has 0 radical (unpaired) electrons. The lowest BCUT2D eigenvalue weighted by molar-refractivity contribution is 0.0999. The first-order valence-corrected chi connectivity index (χ1v) is 6.66. The molecule has 1 aliphatic carbocycles. The maximum Gasteiger partial charge on any atom is 0.250 e. The zero-order valence-electron chi connectivity index (χ0n) is 11.4. The Bertz CT molecular complexity index is 668. The summed E-state index contributed by atoms with van der Waals surface area (Å²) >= 11 is 0. The van der Waals surface area contributed by atoms with Crippen LogP contribution in [0.1, 0.15) is 33.6 Å². The smallest absolute Gasteiger partial charge is 0.250 e. The van der Waals surface area contributed by atoms with E-state index in [9.17, 15) is 4.79 Å². The number of nitrogens with zero attached hydrogens (tertiary/aromatic N) is 1. The Hall–Kier alpha value is -2.03. The highest BCUT2D eigenvalue weighted by molar-refractivity contribution is 5.95. The molecule has 19 heavy (non-hydrogen) atoms. The number of nitrogens with two attached hydrogens (primary N) is 1. The Morgan fingerprint density at radius 3 is 2.63 bits per heavy atom. The van der Waals surface area contributed by atoms with Crippen LogP contribution in [0.25, 0.3) is 11.3 Å². The first kappa shape index (κ1) is 12.0. The van der Waals surface area contributed by atoms with Gasteiger partial charge in [0.05, 0.1) is 5.56 Å². The molecule has 0 unspecified atom stereocenters. The van der Waals surface area contributed by atoms with Crippen molar-refractivity contribution in [3.8, 4) is 11.3 Å². The van der Waals surface area contributed by atoms with E-state index in [0.29, 0.717) is 5.56 Å². The van der Waals surface area contributed by atoms with Gasteiger partial charge in [-0.25, -0.2) is 0 Å². The van der Waals surface area contributed by atoms with E-state index in [2.05, 4.69) is 18.2 Å². The van der Waals surface area contributed by atoms with Crippen molar-refractivity contribution in [1.82, 2.24) is 4.57 Å². The molecule has 0 bridgehead atoms. The number of carbonyl (C=O) groups is 1. The van der Waals surface area contributed by atoms with Crippen LogP contribution in [-0.4, -0.2) is 10.5 Å². The normalized spacial score (nSPS) is 13.6. The van der Waals surface area contributed by atoms with Crippen LogP contribution in [0.5, 0.6) is 0 Å². The van der Waals surface area contributed by atoms with E-state index in [1.165, 1.54) is 29.5 Å². The zero-order valence-corrected chi connectivity index (χ0v) is 11.4. The minimum Gasteiger partial charge on any atom is -0.366 e. The van der Waals surface area contributed by atoms with E-state index in [1.807, 2.05) is 24.6 Å². The van der Waals surface area contributed by atoms with Gasteiger partial charge in [0.1, 0.15) is 0 Å². The van der Waals surface area contributed by atoms with Gasteiger partial charge in [0, 0.05) is 18.4 Å². The summed E-state index contributed by atoms with van der Waals surface area (Å²) in [6, 6.07) is 8.50. The van der Waals surface area contributed by atoms with Crippen LogP contribution in [0.4, 0.5) is 0 Å². The maximum absolute atomic E-state index is 11.4. The fourth-order valence-electron chi connectivity index (χ4n) is 2.96. The van der Waals surface area contributed by atoms with E-state index >= 15 is 0 Å². The Kier molecular flexibility index (Phi) is 2.70. The quantitative estimate of drug-likeness (QED) is 0.879. The number of aromatic nitrogens is 1. The highest BCUT2D eigenvalue weighted by atomic mass is 16.1. The largest absolute Gasteiger partial charge is 0.366 e. The second kappa shape index (κ2) is 4.26. The monoisotopic (exact) mass is 254 g/mol. The fraction of sp³-hybridized carbons (Fsp3) is 0.312. The summed E-state index contributed by atoms with van der Waals surface area (Å²) in [5.41, 5.74) is 12.1. The lowest BCUT2D eigenvalue weighted by Gasteiger charge is -2.07. The highest BCUT2D eigenvalue weighted by Crippen LogP contribution is 2.30. The molecule has 3 nitrogen and oxygen atoms in total. The highest BCUT2D eigenvalue weighted by Gasteiger charge is 2.16. The van der Waals surface area contributed by atoms with Crippen molar-refractivity contribution < 1.29 is 4.79 Å². The molecule has 0 spiro atoms. The average Bonchev–Trinajstić information content (AvgIpc) is 2.95. The van der Waals surface area contributed by atoms with E-state index in [4.69, 9.17) is 5.73 Å². The number of primary amides is 1. The molecular weight excluding hydrogens is 236 g/mol. The Morgan fingerprint density at radius 2 is 1.95 bits per heavy atom. The van der Waals surface area contributed by atoms with Crippen LogP contribution in [0.3, 0.4) is 0 Å². The molecule has 1 aromatic heterocycles. The number of hydrogen-bond donors (Lipinski definition) is 1. The number of hydrogen-bond acceptors (Lipinski definition) is 1. The Morgan fingerprint density at radius 1 is 1.21 bits per heavy atom. The predicted molar refractivity (Wildman–Crippen MR) is 76.1 cm³/mol. The molecule has 2 N–H and O–H groups in total. The van der Waals surface area contributed by atoms with Crippen molar-refractivity contribution in [1.29, 1.82) is 0 Å². The third kappa shape index (κ3) is 1.86. The van der Waals surface area contributed by atoms with Gasteiger partial charge >= 0.3 is 0 Å². The van der Waals surface area contributed by atoms with Gasteiger partial charge in [-0.05, 0) is 55.0 Å². The minimum absolute atomic E-state index is 0.361. The molecule has 1 aromatic carbocycles. The van der Waals surface area contributed by atoms with Crippen LogP contribution in [0.15, 0.2) is 24.3 Å². The van der Waals surface area contributed by atoms with E-state index in [0.717, 1.165) is 17.8 Å². The third-order valence-corrected chi connectivity index (χ3v) is 4.20. The Labute approximate surface area is 113 Å². The Balaban J connectivity index is 2.12. The molecule has 1 heterocycles. The second-order valence-corrected chi connectivity index (χ2v) is 5.29. The van der Waals surface area contributed by atoms with E-state index in [-0.39, 0.29) is 5.91 Å². The van der Waals surface area contributed by atoms with Gasteiger partial charge in [0.2, 0.25) is 0 Å². The number of aryl methyl sites for hydroxylation is 2. The molecule has 2 aromatic rings. The van der Waals surface area contributed by atoms with Gasteiger partial charge in [-0.1, -0.05) is 12.1 Å². The van der Waals surface area contributed by atoms with Crippen LogP contribution < -0.4 is 5.73 Å². The summed E-state index contributed by atoms with van der Waals surface area (Å²) in [4.78, 5) is 11.4. The molecule has 0 saturated heterocycles. The van der Waals surface area contributed by atoms with Gasteiger partial charge in [-0.3, -0.25) is 4.79 Å². The van der Waals surface area contributed by atoms with Crippen LogP contribution in [-0.2, 0) is 19.9 Å². The number of benzene rings is 1. The van der Waals surface area contributed by atoms with Gasteiger partial charge in [0.15, 0.2) is 0 Å². The van der Waals surface area contributed by atoms with Gasteiger partial charge in [-0.15, -0.1) is 0 Å². The lowest BCUT2D eigenvalue weighted by atomic mass is 10.0. The third-order valence-electron chi connectivity index (χ3n) is 4.20. The van der Waals surface area contributed by atoms with Crippen LogP contribution >= 0.6 is 0 Å². The topological polar surface area (TPSA) is 48.0 Å². The second-order valence-electron chi connectivity index (χ2n) is 5.29. The van der Waals surface area contributed by atoms with Crippen molar-refractivity contribution in [2.45, 2.75) is 26.2 Å². The van der Waals surface area contributed by atoms with Crippen molar-refractivity contribution >= 4 is 5.91 Å². The molecule has 98 valence electrons. The summed E-state index contributed by atoms with van der Waals surface area (Å²) in [5, 5.41) is 0. The van der Waals surface area contributed by atoms with Crippen LogP contribution in [0.2, 0.25) is 0 Å². The van der Waals surface area contributed by atoms with Crippen molar-refractivity contribution in [2.24, 2.45) is 12.8 Å². The SMILES string of the molecule is Cc1c(C(N)=O)cc(-c2ccc3c(c2)CCC3)n1C. The number of carbonyl (C=O) groups excluding carboxylic acids is 1. The van der Waals surface area contributed by atoms with Crippen molar-refractivity contribution in [2.75, 3.05) is 0 Å². The molecular formula is C16H18N2O. The van der Waals surface area contributed by atoms with Crippen molar-refractivity contribution in [3.63, 3.8) is 0 Å². The molecule has 1 amide bonds. The molecule has 3 heteroatoms. The summed E-state index contributed by atoms with van der Waals surface area (Å²) in [6.07, 6.45) is 3.60. The van der Waals surface area contributed by atoms with Gasteiger partial charge in [0.25, 0.3) is 5.91 Å². The number of fused-ring (bicyclic) bond motifs is 1. The fourth-order valence-corrected chi connectivity index (χ4v) is 2.96. The summed E-state index contributed by atoms with van der Waals surface area (Å²) in [7, 11) is 1.98. The van der Waals surface area contributed by atoms with Gasteiger partial charge < -0.3 is 10.3 Å². The molecule has 0 fully saturated rings. The average molecular weight is 254 g/mol. The van der Waals surface area contributed by atoms with Crippen molar-refractivity contribution in [3.05, 3.63) is 46.6 Å². The molecule has 0 saturated carbocycles. The summed E-state index contributed by atoms with van der Waals surface area (Å²) in [5.74, 6) is -0.361. The molecule has 0 atom stereocenters.